The maximum atomic E-state index is 12.1. The lowest BCUT2D eigenvalue weighted by Crippen LogP contribution is -2.23. The minimum absolute atomic E-state index is 0.0213. The van der Waals surface area contributed by atoms with Crippen LogP contribution < -0.4 is 10.1 Å². The number of carbonyl (C=O) groups excluding carboxylic acids is 3. The molecule has 1 amide bonds. The van der Waals surface area contributed by atoms with Gasteiger partial charge in [0.1, 0.15) is 12.4 Å². The van der Waals surface area contributed by atoms with E-state index in [9.17, 15) is 14.4 Å². The Kier molecular flexibility index (Phi) is 5.82. The topological polar surface area (TPSA) is 104 Å². The van der Waals surface area contributed by atoms with E-state index in [2.05, 4.69) is 15.0 Å². The lowest BCUT2D eigenvalue weighted by Gasteiger charge is -2.16. The van der Waals surface area contributed by atoms with Crippen LogP contribution in [-0.4, -0.2) is 43.2 Å². The van der Waals surface area contributed by atoms with Crippen molar-refractivity contribution in [2.45, 2.75) is 6.42 Å². The van der Waals surface area contributed by atoms with E-state index in [0.29, 0.717) is 22.1 Å². The van der Waals surface area contributed by atoms with Crippen molar-refractivity contribution in [3.63, 3.8) is 0 Å². The molecule has 0 aliphatic carbocycles. The third-order valence-corrected chi connectivity index (χ3v) is 4.39. The van der Waals surface area contributed by atoms with Crippen molar-refractivity contribution >= 4 is 40.4 Å². The van der Waals surface area contributed by atoms with Gasteiger partial charge in [-0.3, -0.25) is 14.9 Å². The number of esters is 2. The predicted octanol–water partition coefficient (Wildman–Crippen LogP) is 1.82. The number of hydrogen-bond acceptors (Lipinski definition) is 8. The molecule has 0 spiro atoms. The fourth-order valence-corrected chi connectivity index (χ4v) is 3.01. The van der Waals surface area contributed by atoms with Crippen molar-refractivity contribution in [3.8, 4) is 5.75 Å². The molecule has 2 aromatic rings. The quantitative estimate of drug-likeness (QED) is 0.753. The average Bonchev–Trinajstić information content (AvgIpc) is 3.12. The fourth-order valence-electron chi connectivity index (χ4n) is 2.28. The molecule has 8 nitrogen and oxygen atoms in total. The van der Waals surface area contributed by atoms with Crippen LogP contribution in [0.1, 0.15) is 11.3 Å². The minimum Gasteiger partial charge on any atom is -0.488 e. The Bertz CT molecular complexity index is 905. The van der Waals surface area contributed by atoms with Gasteiger partial charge in [0.25, 0.3) is 5.91 Å². The lowest BCUT2D eigenvalue weighted by molar-refractivity contribution is -0.143. The number of ether oxygens (including phenoxy) is 3. The number of rotatable bonds is 6. The number of nitrogens with one attached hydrogen (secondary N) is 1. The van der Waals surface area contributed by atoms with Crippen LogP contribution in [0.2, 0.25) is 0 Å². The van der Waals surface area contributed by atoms with E-state index in [0.717, 1.165) is 16.9 Å². The van der Waals surface area contributed by atoms with Crippen molar-refractivity contribution < 1.29 is 28.6 Å². The first-order chi connectivity index (χ1) is 13.0. The second-order valence-electron chi connectivity index (χ2n) is 5.52. The zero-order chi connectivity index (χ0) is 19.2. The number of aromatic nitrogens is 1. The molecule has 0 radical (unpaired) electrons. The molecule has 1 aromatic heterocycles. The SMILES string of the molecule is COC(=O)Cc1csc(NC(=O)COC(=O)C2=Cc3ccccc3OC2)n1. The zero-order valence-corrected chi connectivity index (χ0v) is 15.2. The predicted molar refractivity (Wildman–Crippen MR) is 97.3 cm³/mol. The summed E-state index contributed by atoms with van der Waals surface area (Å²) in [6.45, 7) is -0.370. The Morgan fingerprint density at radius 1 is 1.30 bits per heavy atom. The molecule has 0 saturated heterocycles. The van der Waals surface area contributed by atoms with Gasteiger partial charge in [-0.05, 0) is 12.1 Å². The van der Waals surface area contributed by atoms with Crippen molar-refractivity contribution in [1.82, 2.24) is 4.98 Å². The Morgan fingerprint density at radius 2 is 2.11 bits per heavy atom. The number of nitrogens with zero attached hydrogens (tertiary/aromatic N) is 1. The molecule has 1 N–H and O–H groups in total. The van der Waals surface area contributed by atoms with Crippen molar-refractivity contribution in [2.24, 2.45) is 0 Å². The number of methoxy groups -OCH3 is 1. The largest absolute Gasteiger partial charge is 0.488 e. The third kappa shape index (κ3) is 4.91. The minimum atomic E-state index is -0.620. The van der Waals surface area contributed by atoms with Gasteiger partial charge in [0.2, 0.25) is 0 Å². The highest BCUT2D eigenvalue weighted by atomic mass is 32.1. The van der Waals surface area contributed by atoms with Crippen LogP contribution in [0, 0.1) is 0 Å². The summed E-state index contributed by atoms with van der Waals surface area (Å²) in [6, 6.07) is 7.31. The van der Waals surface area contributed by atoms with Gasteiger partial charge >= 0.3 is 11.9 Å². The number of amides is 1. The van der Waals surface area contributed by atoms with Crippen LogP contribution in [-0.2, 0) is 30.3 Å². The molecule has 0 saturated carbocycles. The van der Waals surface area contributed by atoms with Gasteiger partial charge in [-0.25, -0.2) is 9.78 Å². The summed E-state index contributed by atoms with van der Waals surface area (Å²) in [5.41, 5.74) is 1.60. The molecule has 1 aliphatic heterocycles. The summed E-state index contributed by atoms with van der Waals surface area (Å²) in [5.74, 6) is -0.875. The molecule has 27 heavy (non-hydrogen) atoms. The number of thiazole rings is 1. The summed E-state index contributed by atoms with van der Waals surface area (Å²) < 4.78 is 15.1. The van der Waals surface area contributed by atoms with Gasteiger partial charge < -0.3 is 14.2 Å². The number of fused-ring (bicyclic) bond motifs is 1. The van der Waals surface area contributed by atoms with Crippen LogP contribution in [0.15, 0.2) is 35.2 Å². The Labute approximate surface area is 158 Å². The third-order valence-electron chi connectivity index (χ3n) is 3.58. The Morgan fingerprint density at radius 3 is 2.93 bits per heavy atom. The Hall–Kier alpha value is -3.20. The zero-order valence-electron chi connectivity index (χ0n) is 14.4. The summed E-state index contributed by atoms with van der Waals surface area (Å²) in [7, 11) is 1.29. The van der Waals surface area contributed by atoms with E-state index in [1.54, 1.807) is 11.5 Å². The molecule has 3 rings (SSSR count). The van der Waals surface area contributed by atoms with E-state index < -0.39 is 24.5 Å². The number of hydrogen-bond donors (Lipinski definition) is 1. The maximum Gasteiger partial charge on any atom is 0.338 e. The first-order valence-corrected chi connectivity index (χ1v) is 8.83. The first-order valence-electron chi connectivity index (χ1n) is 7.95. The molecule has 0 atom stereocenters. The van der Waals surface area contributed by atoms with E-state index in [1.807, 2.05) is 24.3 Å². The highest BCUT2D eigenvalue weighted by Gasteiger charge is 2.19. The second kappa shape index (κ2) is 8.45. The van der Waals surface area contributed by atoms with Crippen molar-refractivity contribution in [3.05, 3.63) is 46.5 Å². The molecule has 1 aromatic carbocycles. The molecular formula is C18H16N2O6S. The van der Waals surface area contributed by atoms with Gasteiger partial charge in [0.05, 0.1) is 24.8 Å². The highest BCUT2D eigenvalue weighted by molar-refractivity contribution is 7.13. The molecule has 0 fully saturated rings. The Balaban J connectivity index is 1.50. The first kappa shape index (κ1) is 18.6. The standard InChI is InChI=1S/C18H16N2O6S/c1-24-16(22)7-13-10-27-18(19-13)20-15(21)9-26-17(23)12-6-11-4-2-3-5-14(11)25-8-12/h2-6,10H,7-9H2,1H3,(H,19,20,21). The van der Waals surface area contributed by atoms with Crippen LogP contribution in [0.25, 0.3) is 6.08 Å². The van der Waals surface area contributed by atoms with E-state index >= 15 is 0 Å². The number of benzene rings is 1. The van der Waals surface area contributed by atoms with E-state index in [1.165, 1.54) is 7.11 Å². The average molecular weight is 388 g/mol. The van der Waals surface area contributed by atoms with Crippen LogP contribution >= 0.6 is 11.3 Å². The van der Waals surface area contributed by atoms with Gasteiger partial charge in [-0.15, -0.1) is 11.3 Å². The summed E-state index contributed by atoms with van der Waals surface area (Å²) in [4.78, 5) is 39.3. The van der Waals surface area contributed by atoms with Crippen molar-refractivity contribution in [2.75, 3.05) is 25.6 Å². The van der Waals surface area contributed by atoms with Crippen molar-refractivity contribution in [1.29, 1.82) is 0 Å². The van der Waals surface area contributed by atoms with Gasteiger partial charge in [0, 0.05) is 10.9 Å². The van der Waals surface area contributed by atoms with Gasteiger partial charge in [0.15, 0.2) is 11.7 Å². The highest BCUT2D eigenvalue weighted by Crippen LogP contribution is 2.26. The second-order valence-corrected chi connectivity index (χ2v) is 6.38. The van der Waals surface area contributed by atoms with Gasteiger partial charge in [-0.1, -0.05) is 18.2 Å². The van der Waals surface area contributed by atoms with Crippen LogP contribution in [0.4, 0.5) is 5.13 Å². The molecule has 0 unspecified atom stereocenters. The normalized spacial score (nSPS) is 12.3. The molecule has 0 bridgehead atoms. The molecule has 1 aliphatic rings. The monoisotopic (exact) mass is 388 g/mol. The summed E-state index contributed by atoms with van der Waals surface area (Å²) in [6.07, 6.45) is 1.70. The molecule has 2 heterocycles. The number of para-hydroxylation sites is 1. The van der Waals surface area contributed by atoms with E-state index in [-0.39, 0.29) is 13.0 Å². The van der Waals surface area contributed by atoms with Crippen LogP contribution in [0.5, 0.6) is 5.75 Å². The molecule has 140 valence electrons. The van der Waals surface area contributed by atoms with E-state index in [4.69, 9.17) is 9.47 Å². The smallest absolute Gasteiger partial charge is 0.338 e. The lowest BCUT2D eigenvalue weighted by atomic mass is 10.1. The molecule has 9 heteroatoms. The summed E-state index contributed by atoms with van der Waals surface area (Å²) >= 11 is 1.16. The number of carbonyl (C=O) groups is 3. The maximum absolute atomic E-state index is 12.1. The number of anilines is 1. The summed E-state index contributed by atoms with van der Waals surface area (Å²) in [5, 5.41) is 4.46. The van der Waals surface area contributed by atoms with Gasteiger partial charge in [-0.2, -0.15) is 0 Å². The molecular weight excluding hydrogens is 372 g/mol. The van der Waals surface area contributed by atoms with Crippen LogP contribution in [0.3, 0.4) is 0 Å². The fraction of sp³-hybridized carbons (Fsp3) is 0.222.